The van der Waals surface area contributed by atoms with Crippen LogP contribution in [0, 0.1) is 5.82 Å². The number of halogens is 1. The van der Waals surface area contributed by atoms with Crippen LogP contribution in [0.1, 0.15) is 35.2 Å². The third-order valence-electron chi connectivity index (χ3n) is 4.34. The van der Waals surface area contributed by atoms with Crippen molar-refractivity contribution < 1.29 is 9.18 Å². The van der Waals surface area contributed by atoms with Gasteiger partial charge in [0, 0.05) is 18.2 Å². The highest BCUT2D eigenvalue weighted by Gasteiger charge is 2.39. The number of hydrogen-bond donors (Lipinski definition) is 2. The number of nitrogens with two attached hydrogens (primary N) is 1. The molecule has 1 heterocycles. The molecule has 1 aliphatic carbocycles. The van der Waals surface area contributed by atoms with Gasteiger partial charge in [0.2, 0.25) is 0 Å². The van der Waals surface area contributed by atoms with E-state index in [-0.39, 0.29) is 28.5 Å². The number of nitrogen functional groups attached to an aromatic ring is 1. The Hall–Kier alpha value is -2.50. The zero-order chi connectivity index (χ0) is 15.6. The van der Waals surface area contributed by atoms with Crippen LogP contribution in [0.15, 0.2) is 36.8 Å². The molecule has 1 saturated carbocycles. The number of hydrogen-bond acceptors (Lipinski definition) is 4. The number of amides is 1. The molecule has 1 fully saturated rings. The predicted octanol–water partition coefficient (Wildman–Crippen LogP) is 2.05. The largest absolute Gasteiger partial charge is 0.383 e. The van der Waals surface area contributed by atoms with Gasteiger partial charge in [-0.1, -0.05) is 18.6 Å². The van der Waals surface area contributed by atoms with E-state index in [0.717, 1.165) is 24.8 Å². The van der Waals surface area contributed by atoms with E-state index in [1.54, 1.807) is 12.1 Å². The van der Waals surface area contributed by atoms with Crippen LogP contribution in [-0.2, 0) is 5.41 Å². The summed E-state index contributed by atoms with van der Waals surface area (Å²) in [5.41, 5.74) is 6.89. The number of anilines is 1. The van der Waals surface area contributed by atoms with Crippen LogP contribution in [0.4, 0.5) is 10.2 Å². The number of carbonyl (C=O) groups is 1. The highest BCUT2D eigenvalue weighted by molar-refractivity contribution is 5.97. The van der Waals surface area contributed by atoms with Crippen molar-refractivity contribution in [3.63, 3.8) is 0 Å². The first-order valence-electron chi connectivity index (χ1n) is 7.20. The minimum atomic E-state index is -0.286. The fourth-order valence-corrected chi connectivity index (χ4v) is 2.83. The highest BCUT2D eigenvalue weighted by atomic mass is 19.1. The monoisotopic (exact) mass is 300 g/mol. The van der Waals surface area contributed by atoms with E-state index in [2.05, 4.69) is 15.3 Å². The molecule has 6 heteroatoms. The minimum Gasteiger partial charge on any atom is -0.383 e. The van der Waals surface area contributed by atoms with E-state index in [4.69, 9.17) is 5.73 Å². The van der Waals surface area contributed by atoms with Crippen LogP contribution in [0.25, 0.3) is 0 Å². The first kappa shape index (κ1) is 14.4. The van der Waals surface area contributed by atoms with Crippen molar-refractivity contribution in [2.24, 2.45) is 0 Å². The maximum Gasteiger partial charge on any atom is 0.256 e. The van der Waals surface area contributed by atoms with Crippen LogP contribution in [0.2, 0.25) is 0 Å². The van der Waals surface area contributed by atoms with Crippen LogP contribution >= 0.6 is 0 Å². The Morgan fingerprint density at radius 2 is 2.05 bits per heavy atom. The van der Waals surface area contributed by atoms with Crippen molar-refractivity contribution in [3.8, 4) is 0 Å². The Bertz CT molecular complexity index is 683. The molecule has 1 aromatic carbocycles. The van der Waals surface area contributed by atoms with Gasteiger partial charge in [-0.25, -0.2) is 14.4 Å². The van der Waals surface area contributed by atoms with Crippen molar-refractivity contribution in [3.05, 3.63) is 53.7 Å². The molecule has 0 spiro atoms. The molecule has 0 bridgehead atoms. The summed E-state index contributed by atoms with van der Waals surface area (Å²) in [4.78, 5) is 19.8. The van der Waals surface area contributed by atoms with E-state index >= 15 is 0 Å². The molecule has 0 unspecified atom stereocenters. The minimum absolute atomic E-state index is 0.117. The third kappa shape index (κ3) is 2.64. The second kappa shape index (κ2) is 5.71. The number of carbonyl (C=O) groups excluding carboxylic acids is 1. The maximum absolute atomic E-state index is 13.1. The Labute approximate surface area is 127 Å². The number of nitrogens with zero attached hydrogens (tertiary/aromatic N) is 2. The summed E-state index contributed by atoms with van der Waals surface area (Å²) in [7, 11) is 0. The molecular formula is C16H17FN4O. The number of aromatic nitrogens is 2. The Kier molecular flexibility index (Phi) is 3.75. The lowest BCUT2D eigenvalue weighted by atomic mass is 9.64. The zero-order valence-corrected chi connectivity index (χ0v) is 12.1. The maximum atomic E-state index is 13.1. The summed E-state index contributed by atoms with van der Waals surface area (Å²) in [6, 6.07) is 6.50. The fourth-order valence-electron chi connectivity index (χ4n) is 2.83. The van der Waals surface area contributed by atoms with Gasteiger partial charge in [0.15, 0.2) is 0 Å². The van der Waals surface area contributed by atoms with E-state index in [0.29, 0.717) is 6.54 Å². The smallest absolute Gasteiger partial charge is 0.256 e. The first-order chi connectivity index (χ1) is 10.6. The van der Waals surface area contributed by atoms with Gasteiger partial charge in [-0.3, -0.25) is 4.79 Å². The normalized spacial score (nSPS) is 15.9. The van der Waals surface area contributed by atoms with Gasteiger partial charge < -0.3 is 11.1 Å². The second-order valence-corrected chi connectivity index (χ2v) is 5.65. The molecule has 22 heavy (non-hydrogen) atoms. The van der Waals surface area contributed by atoms with Crippen molar-refractivity contribution in [2.75, 3.05) is 12.3 Å². The lowest BCUT2D eigenvalue weighted by Gasteiger charge is -2.42. The SMILES string of the molecule is Nc1ncncc1C(=O)NCC1(c2ccc(F)cc2)CCC1. The Balaban J connectivity index is 1.73. The van der Waals surface area contributed by atoms with E-state index in [1.165, 1.54) is 24.7 Å². The van der Waals surface area contributed by atoms with Crippen molar-refractivity contribution in [2.45, 2.75) is 24.7 Å². The van der Waals surface area contributed by atoms with Gasteiger partial charge in [-0.2, -0.15) is 0 Å². The quantitative estimate of drug-likeness (QED) is 0.905. The van der Waals surface area contributed by atoms with Gasteiger partial charge in [-0.05, 0) is 30.5 Å². The van der Waals surface area contributed by atoms with Crippen LogP contribution < -0.4 is 11.1 Å². The standard InChI is InChI=1S/C16H17FN4O/c17-12-4-2-11(3-5-12)16(6-1-7-16)9-20-15(22)13-8-19-10-21-14(13)18/h2-5,8,10H,1,6-7,9H2,(H,20,22)(H2,18,19,21). The van der Waals surface area contributed by atoms with Crippen molar-refractivity contribution in [1.82, 2.24) is 15.3 Å². The van der Waals surface area contributed by atoms with Crippen LogP contribution in [-0.4, -0.2) is 22.4 Å². The molecule has 3 rings (SSSR count). The summed E-state index contributed by atoms with van der Waals surface area (Å²) in [6.07, 6.45) is 5.75. The molecule has 1 amide bonds. The Morgan fingerprint density at radius 3 is 2.64 bits per heavy atom. The second-order valence-electron chi connectivity index (χ2n) is 5.65. The zero-order valence-electron chi connectivity index (χ0n) is 12.1. The Morgan fingerprint density at radius 1 is 1.32 bits per heavy atom. The summed E-state index contributed by atoms with van der Waals surface area (Å²) in [6.45, 7) is 0.492. The number of benzene rings is 1. The third-order valence-corrected chi connectivity index (χ3v) is 4.34. The molecular weight excluding hydrogens is 283 g/mol. The summed E-state index contributed by atoms with van der Waals surface area (Å²) in [5.74, 6) is -0.375. The summed E-state index contributed by atoms with van der Waals surface area (Å²) >= 11 is 0. The van der Waals surface area contributed by atoms with E-state index < -0.39 is 0 Å². The predicted molar refractivity (Wildman–Crippen MR) is 80.7 cm³/mol. The lowest BCUT2D eigenvalue weighted by molar-refractivity contribution is 0.0928. The van der Waals surface area contributed by atoms with Crippen LogP contribution in [0.3, 0.4) is 0 Å². The lowest BCUT2D eigenvalue weighted by Crippen LogP contribution is -2.45. The van der Waals surface area contributed by atoms with Crippen molar-refractivity contribution >= 4 is 11.7 Å². The van der Waals surface area contributed by atoms with E-state index in [1.807, 2.05) is 0 Å². The van der Waals surface area contributed by atoms with E-state index in [9.17, 15) is 9.18 Å². The number of rotatable bonds is 4. The molecule has 0 aliphatic heterocycles. The summed E-state index contributed by atoms with van der Waals surface area (Å²) in [5, 5.41) is 2.90. The van der Waals surface area contributed by atoms with Gasteiger partial charge in [0.1, 0.15) is 18.0 Å². The van der Waals surface area contributed by atoms with Gasteiger partial charge >= 0.3 is 0 Å². The molecule has 5 nitrogen and oxygen atoms in total. The molecule has 2 aromatic rings. The summed E-state index contributed by atoms with van der Waals surface area (Å²) < 4.78 is 13.1. The molecule has 1 aromatic heterocycles. The molecule has 114 valence electrons. The average Bonchev–Trinajstić information content (AvgIpc) is 2.48. The number of nitrogens with one attached hydrogen (secondary N) is 1. The van der Waals surface area contributed by atoms with Gasteiger partial charge in [0.25, 0.3) is 5.91 Å². The highest BCUT2D eigenvalue weighted by Crippen LogP contribution is 2.43. The topological polar surface area (TPSA) is 80.9 Å². The van der Waals surface area contributed by atoms with Gasteiger partial charge in [-0.15, -0.1) is 0 Å². The fraction of sp³-hybridized carbons (Fsp3) is 0.312. The molecule has 0 saturated heterocycles. The molecule has 1 aliphatic rings. The molecule has 0 atom stereocenters. The van der Waals surface area contributed by atoms with Crippen LogP contribution in [0.5, 0.6) is 0 Å². The van der Waals surface area contributed by atoms with Gasteiger partial charge in [0.05, 0.1) is 5.56 Å². The molecule has 3 N–H and O–H groups in total. The molecule has 0 radical (unpaired) electrons. The van der Waals surface area contributed by atoms with Crippen molar-refractivity contribution in [1.29, 1.82) is 0 Å². The first-order valence-corrected chi connectivity index (χ1v) is 7.20. The average molecular weight is 300 g/mol.